The molecule has 1 aliphatic heterocycles. The Morgan fingerprint density at radius 3 is 2.07 bits per heavy atom. The van der Waals surface area contributed by atoms with Gasteiger partial charge in [-0.15, -0.1) is 5.10 Å². The minimum Gasteiger partial charge on any atom is -0.496 e. The molecule has 1 aromatic heterocycles. The maximum Gasteiger partial charge on any atom is 0.282 e. The molecule has 0 unspecified atom stereocenters. The molecule has 0 saturated heterocycles. The lowest BCUT2D eigenvalue weighted by Gasteiger charge is -2.14. The molecule has 11 heteroatoms. The highest BCUT2D eigenvalue weighted by atomic mass is 17.1. The second-order valence-electron chi connectivity index (χ2n) is 10.3. The van der Waals surface area contributed by atoms with Gasteiger partial charge in [-0.1, -0.05) is 36.4 Å². The van der Waals surface area contributed by atoms with Crippen molar-refractivity contribution in [2.75, 3.05) is 31.1 Å². The Balaban J connectivity index is 1.66. The van der Waals surface area contributed by atoms with E-state index in [0.29, 0.717) is 44.6 Å². The summed E-state index contributed by atoms with van der Waals surface area (Å²) in [7, 11) is 5.50. The van der Waals surface area contributed by atoms with Crippen LogP contribution >= 0.6 is 0 Å². The van der Waals surface area contributed by atoms with Crippen molar-refractivity contribution >= 4 is 29.4 Å². The third kappa shape index (κ3) is 5.90. The number of hydrogen-bond donors (Lipinski definition) is 2. The average molecular weight is 597 g/mol. The predicted molar refractivity (Wildman–Crippen MR) is 166 cm³/mol. The summed E-state index contributed by atoms with van der Waals surface area (Å²) in [5.74, 6) is 0.291. The van der Waals surface area contributed by atoms with E-state index >= 15 is 0 Å². The predicted octanol–water partition coefficient (Wildman–Crippen LogP) is 3.89. The van der Waals surface area contributed by atoms with E-state index in [1.54, 1.807) is 74.7 Å². The maximum absolute atomic E-state index is 14.1. The monoisotopic (exact) mass is 596 g/mol. The van der Waals surface area contributed by atoms with Crippen LogP contribution in [0.25, 0.3) is 17.8 Å². The number of carbonyl (C=O) groups excluding carboxylic acids is 1. The van der Waals surface area contributed by atoms with Gasteiger partial charge in [0.1, 0.15) is 19.0 Å². The second kappa shape index (κ2) is 13.1. The van der Waals surface area contributed by atoms with Crippen LogP contribution in [-0.4, -0.2) is 42.2 Å². The summed E-state index contributed by atoms with van der Waals surface area (Å²) in [4.78, 5) is 38.3. The van der Waals surface area contributed by atoms with Gasteiger partial charge in [0, 0.05) is 36.6 Å². The van der Waals surface area contributed by atoms with Crippen molar-refractivity contribution in [2.24, 2.45) is 5.10 Å². The average Bonchev–Trinajstić information content (AvgIpc) is 3.36. The molecule has 0 atom stereocenters. The van der Waals surface area contributed by atoms with E-state index in [9.17, 15) is 9.59 Å². The lowest BCUT2D eigenvalue weighted by Crippen LogP contribution is -2.45. The van der Waals surface area contributed by atoms with E-state index in [0.717, 1.165) is 11.3 Å². The van der Waals surface area contributed by atoms with E-state index < -0.39 is 0 Å². The molecule has 0 radical (unpaired) electrons. The molecule has 44 heavy (non-hydrogen) atoms. The molecule has 11 nitrogen and oxygen atoms in total. The van der Waals surface area contributed by atoms with Crippen LogP contribution < -0.4 is 30.9 Å². The highest BCUT2D eigenvalue weighted by molar-refractivity contribution is 6.08. The maximum atomic E-state index is 14.1. The highest BCUT2D eigenvalue weighted by Crippen LogP contribution is 2.26. The number of hydrogen-bond acceptors (Lipinski definition) is 9. The molecule has 3 aromatic carbocycles. The number of allylic oxidation sites excluding steroid dienone is 1. The zero-order chi connectivity index (χ0) is 31.4. The Hall–Kier alpha value is -5.07. The number of ether oxygens (including phenoxy) is 1. The molecule has 1 aliphatic rings. The van der Waals surface area contributed by atoms with Crippen LogP contribution in [0.4, 0.5) is 11.4 Å². The van der Waals surface area contributed by atoms with Gasteiger partial charge in [-0.3, -0.25) is 24.7 Å². The summed E-state index contributed by atoms with van der Waals surface area (Å²) in [6, 6.07) is 19.5. The number of anilines is 2. The van der Waals surface area contributed by atoms with Crippen LogP contribution in [0, 0.1) is 6.92 Å². The molecule has 226 valence electrons. The van der Waals surface area contributed by atoms with E-state index in [2.05, 4.69) is 14.9 Å². The van der Waals surface area contributed by atoms with Crippen molar-refractivity contribution in [3.05, 3.63) is 122 Å². The number of pyridine rings is 1. The zero-order valence-electron chi connectivity index (χ0n) is 24.7. The van der Waals surface area contributed by atoms with Crippen molar-refractivity contribution in [1.29, 1.82) is 0 Å². The molecule has 5 rings (SSSR count). The van der Waals surface area contributed by atoms with Crippen LogP contribution in [0.3, 0.4) is 0 Å². The minimum atomic E-state index is -0.387. The van der Waals surface area contributed by atoms with Gasteiger partial charge in [-0.25, -0.2) is 9.78 Å². The van der Waals surface area contributed by atoms with E-state index in [1.807, 2.05) is 43.3 Å². The second-order valence-corrected chi connectivity index (χ2v) is 10.3. The number of rotatable bonds is 10. The zero-order valence-corrected chi connectivity index (χ0v) is 24.7. The summed E-state index contributed by atoms with van der Waals surface area (Å²) < 4.78 is 6.98. The van der Waals surface area contributed by atoms with E-state index in [-0.39, 0.29) is 30.2 Å². The number of methoxy groups -OCH3 is 1. The van der Waals surface area contributed by atoms with Gasteiger partial charge in [0.05, 0.1) is 24.0 Å². The Labute approximate surface area is 253 Å². The number of benzene rings is 3. The highest BCUT2D eigenvalue weighted by Gasteiger charge is 2.30. The van der Waals surface area contributed by atoms with Crippen molar-refractivity contribution < 1.29 is 29.8 Å². The Morgan fingerprint density at radius 1 is 0.886 bits per heavy atom. The molecule has 0 aliphatic carbocycles. The molecule has 0 bridgehead atoms. The van der Waals surface area contributed by atoms with Crippen molar-refractivity contribution in [1.82, 2.24) is 4.57 Å². The Bertz CT molecular complexity index is 1900. The number of amides is 1. The molecular formula is C33H32N4O7. The summed E-state index contributed by atoms with van der Waals surface area (Å²) in [5.41, 5.74) is 4.81. The molecule has 0 fully saturated rings. The van der Waals surface area contributed by atoms with E-state index in [4.69, 9.17) is 15.3 Å². The van der Waals surface area contributed by atoms with Gasteiger partial charge >= 0.3 is 0 Å². The number of fused-ring (bicyclic) bond motifs is 1. The van der Waals surface area contributed by atoms with Gasteiger partial charge in [0.25, 0.3) is 11.5 Å². The van der Waals surface area contributed by atoms with Crippen molar-refractivity contribution in [2.45, 2.75) is 20.1 Å². The molecule has 2 N–H and O–H groups in total. The van der Waals surface area contributed by atoms with Crippen LogP contribution in [0.2, 0.25) is 0 Å². The van der Waals surface area contributed by atoms with Crippen molar-refractivity contribution in [3.63, 3.8) is 0 Å². The first-order chi connectivity index (χ1) is 21.3. The van der Waals surface area contributed by atoms with Gasteiger partial charge in [-0.2, -0.15) is 5.01 Å². The topological polar surface area (TPSA) is 126 Å². The van der Waals surface area contributed by atoms with Crippen LogP contribution in [0.15, 0.2) is 82.7 Å². The molecule has 2 heterocycles. The number of aromatic nitrogens is 1. The fourth-order valence-corrected chi connectivity index (χ4v) is 4.99. The Morgan fingerprint density at radius 2 is 1.50 bits per heavy atom. The minimum absolute atomic E-state index is 0.0000551. The van der Waals surface area contributed by atoms with Crippen LogP contribution in [0.1, 0.15) is 32.6 Å². The summed E-state index contributed by atoms with van der Waals surface area (Å²) in [5, 5.41) is 23.8. The third-order valence-corrected chi connectivity index (χ3v) is 7.36. The molecule has 1 amide bonds. The van der Waals surface area contributed by atoms with Gasteiger partial charge < -0.3 is 9.64 Å². The lowest BCUT2D eigenvalue weighted by atomic mass is 10.1. The molecule has 0 spiro atoms. The first-order valence-corrected chi connectivity index (χ1v) is 13.7. The van der Waals surface area contributed by atoms with E-state index in [1.165, 1.54) is 9.58 Å². The smallest absolute Gasteiger partial charge is 0.282 e. The fraction of sp³-hybridized carbons (Fsp3) is 0.182. The van der Waals surface area contributed by atoms with Crippen LogP contribution in [-0.2, 0) is 23.0 Å². The largest absolute Gasteiger partial charge is 0.496 e. The first-order valence-electron chi connectivity index (χ1n) is 13.7. The van der Waals surface area contributed by atoms with Gasteiger partial charge in [0.2, 0.25) is 0 Å². The third-order valence-electron chi connectivity index (χ3n) is 7.36. The lowest BCUT2D eigenvalue weighted by molar-refractivity contribution is -0.253. The fourth-order valence-electron chi connectivity index (χ4n) is 4.99. The standard InChI is InChI=1S/C33H32N4O7/c1-21-28(7-5-6-24-12-17-27(35(2)3)18-29(24)42-4)32(38)36(25-13-8-22(9-14-25)19-43-40)31-30(21)33(39)37(34-31)26-15-10-23(11-16-26)20-44-41/h5-18,40-41H,19-20H2,1-4H3/b6-5+,28-7+. The summed E-state index contributed by atoms with van der Waals surface area (Å²) in [6.45, 7) is 1.72. The van der Waals surface area contributed by atoms with Gasteiger partial charge in [-0.05, 0) is 66.1 Å². The number of nitrogens with zero attached hydrogens (tertiary/aromatic N) is 4. The van der Waals surface area contributed by atoms with Crippen molar-refractivity contribution in [3.8, 4) is 11.4 Å². The number of carbonyl (C=O) groups is 1. The summed E-state index contributed by atoms with van der Waals surface area (Å²) in [6.07, 6.45) is 5.28. The molecule has 0 saturated carbocycles. The first kappa shape index (κ1) is 30.4. The molecular weight excluding hydrogens is 564 g/mol. The van der Waals surface area contributed by atoms with Gasteiger partial charge in [0.15, 0.2) is 5.49 Å². The molecule has 4 aromatic rings. The quantitative estimate of drug-likeness (QED) is 0.209. The summed E-state index contributed by atoms with van der Waals surface area (Å²) >= 11 is 0. The Kier molecular flexibility index (Phi) is 9.02. The normalized spacial score (nSPS) is 13.0. The SMILES string of the molecule is COc1cc(N(C)C)ccc1/C=C/C=c1\c(C)c2c(n(-c3ccc(COO)cc3)c1=O)=NN(c1ccc(COO)cc1)C2=O. The van der Waals surface area contributed by atoms with Crippen LogP contribution in [0.5, 0.6) is 5.75 Å².